The van der Waals surface area contributed by atoms with E-state index in [1.807, 2.05) is 24.3 Å². The van der Waals surface area contributed by atoms with Crippen LogP contribution >= 0.6 is 0 Å². The molecule has 11 heteroatoms. The number of aromatic nitrogens is 2. The SMILES string of the molecule is CCCCC[O][Sn]1([O]CCCCC)[n]2c3c4ccccc4c2N=C2N=C(N=c4c5ccccc5c([n]41)=NC1=NC(=N3)c3ccccc31)c1ccccc12. The third-order valence-corrected chi connectivity index (χ3v) is 19.4. The third-order valence-electron chi connectivity index (χ3n) is 10.4. The summed E-state index contributed by atoms with van der Waals surface area (Å²) in [5, 5.41) is 3.78. The van der Waals surface area contributed by atoms with Gasteiger partial charge in [0.1, 0.15) is 0 Å². The van der Waals surface area contributed by atoms with Crippen molar-refractivity contribution >= 4 is 76.3 Å². The molecule has 6 aromatic rings. The van der Waals surface area contributed by atoms with E-state index in [2.05, 4.69) is 92.2 Å². The predicted octanol–water partition coefficient (Wildman–Crippen LogP) is 7.79. The second-order valence-corrected chi connectivity index (χ2v) is 21.1. The molecule has 10 nitrogen and oxygen atoms in total. The molecular weight excluding hydrogens is 767 g/mol. The van der Waals surface area contributed by atoms with Crippen LogP contribution in [0.4, 0.5) is 11.6 Å². The number of benzene rings is 4. The molecule has 4 aromatic carbocycles. The Kier molecular flexibility index (Phi) is 8.07. The molecule has 0 atom stereocenters. The number of hydrogen-bond acceptors (Lipinski definition) is 8. The molecule has 0 amide bonds. The van der Waals surface area contributed by atoms with E-state index in [0.717, 1.165) is 82.3 Å². The van der Waals surface area contributed by atoms with Gasteiger partial charge in [-0.3, -0.25) is 0 Å². The van der Waals surface area contributed by atoms with Gasteiger partial charge in [0.2, 0.25) is 0 Å². The average molecular weight is 806 g/mol. The Hall–Kier alpha value is -5.04. The number of aliphatic imine (C=N–C) groups is 4. The molecular formula is C42H38N8O2Sn. The molecule has 0 fully saturated rings. The molecule has 0 saturated carbocycles. The van der Waals surface area contributed by atoms with Crippen molar-refractivity contribution in [3.63, 3.8) is 0 Å². The summed E-state index contributed by atoms with van der Waals surface area (Å²) in [6.45, 7) is 5.44. The Morgan fingerprint density at radius 1 is 0.434 bits per heavy atom. The van der Waals surface area contributed by atoms with Crippen LogP contribution in [-0.2, 0) is 6.15 Å². The fourth-order valence-corrected chi connectivity index (χ4v) is 17.5. The Morgan fingerprint density at radius 2 is 0.811 bits per heavy atom. The van der Waals surface area contributed by atoms with Crippen LogP contribution in [0, 0.1) is 0 Å². The zero-order valence-corrected chi connectivity index (χ0v) is 32.6. The summed E-state index contributed by atoms with van der Waals surface area (Å²) in [5.41, 5.74) is 5.15. The molecule has 0 saturated heterocycles. The van der Waals surface area contributed by atoms with Gasteiger partial charge in [-0.15, -0.1) is 0 Å². The molecule has 53 heavy (non-hydrogen) atoms. The Bertz CT molecular complexity index is 2560. The zero-order chi connectivity index (χ0) is 35.5. The summed E-state index contributed by atoms with van der Waals surface area (Å²) in [6, 6.07) is 33.1. The van der Waals surface area contributed by atoms with Crippen LogP contribution in [0.5, 0.6) is 0 Å². The van der Waals surface area contributed by atoms with Gasteiger partial charge in [0.25, 0.3) is 0 Å². The van der Waals surface area contributed by atoms with Gasteiger partial charge in [-0.2, -0.15) is 0 Å². The van der Waals surface area contributed by atoms with Crippen LogP contribution in [-0.4, -0.2) is 61.9 Å². The fraction of sp³-hybridized carbons (Fsp3) is 0.238. The Balaban J connectivity index is 1.46. The fourth-order valence-electron chi connectivity index (χ4n) is 7.85. The maximum absolute atomic E-state index is 7.56. The minimum atomic E-state index is -5.19. The van der Waals surface area contributed by atoms with E-state index in [4.69, 9.17) is 36.1 Å². The molecule has 10 rings (SSSR count). The van der Waals surface area contributed by atoms with Gasteiger partial charge in [0.15, 0.2) is 0 Å². The van der Waals surface area contributed by atoms with E-state index in [-0.39, 0.29) is 0 Å². The van der Waals surface area contributed by atoms with Gasteiger partial charge in [0, 0.05) is 0 Å². The predicted molar refractivity (Wildman–Crippen MR) is 212 cm³/mol. The summed E-state index contributed by atoms with van der Waals surface area (Å²) in [6.07, 6.45) is 5.99. The van der Waals surface area contributed by atoms with Crippen molar-refractivity contribution < 1.29 is 6.15 Å². The number of nitrogens with zero attached hydrogens (tertiary/aromatic N) is 8. The van der Waals surface area contributed by atoms with Gasteiger partial charge in [-0.25, -0.2) is 0 Å². The van der Waals surface area contributed by atoms with E-state index in [1.54, 1.807) is 0 Å². The van der Waals surface area contributed by atoms with Crippen LogP contribution in [0.3, 0.4) is 0 Å². The van der Waals surface area contributed by atoms with Crippen LogP contribution in [0.25, 0.3) is 21.5 Å². The molecule has 0 aliphatic carbocycles. The topological polar surface area (TPSA) is 102 Å². The number of amidine groups is 4. The van der Waals surface area contributed by atoms with Crippen LogP contribution in [0.15, 0.2) is 127 Å². The van der Waals surface area contributed by atoms with E-state index in [0.29, 0.717) is 59.2 Å². The van der Waals surface area contributed by atoms with E-state index < -0.39 is 19.8 Å². The van der Waals surface area contributed by atoms with E-state index in [1.165, 1.54) is 0 Å². The number of unbranched alkanes of at least 4 members (excludes halogenated alkanes) is 4. The Morgan fingerprint density at radius 3 is 1.23 bits per heavy atom. The van der Waals surface area contributed by atoms with Gasteiger partial charge >= 0.3 is 314 Å². The standard InChI is InChI=1S/C32H16N8.2C5H11O.Sn/c1-2-10-18-17(9-1)25-33-26(18)38-28-21-13-5-6-14-22(21)30(35-28)40-32-24-16-8-7-15-23(24)31(36-32)39-29-20-12-4-3-11-19(20)27(34-29)37-25;2*1-2-3-4-5-6;/h1-16H;2*2-5H2,1H3;/q-2;2*-1;+4. The van der Waals surface area contributed by atoms with E-state index in [9.17, 15) is 0 Å². The van der Waals surface area contributed by atoms with Crippen molar-refractivity contribution in [3.8, 4) is 0 Å². The first-order chi connectivity index (χ1) is 26.2. The van der Waals surface area contributed by atoms with Crippen LogP contribution in [0.2, 0.25) is 0 Å². The summed E-state index contributed by atoms with van der Waals surface area (Å²) >= 11 is -5.19. The Labute approximate surface area is 312 Å². The molecule has 4 aliphatic rings. The third kappa shape index (κ3) is 5.06. The number of rotatable bonds is 10. The van der Waals surface area contributed by atoms with Gasteiger partial charge < -0.3 is 0 Å². The van der Waals surface area contributed by atoms with Crippen molar-refractivity contribution in [1.29, 1.82) is 0 Å². The molecule has 6 bridgehead atoms. The normalized spacial score (nSPS) is 15.9. The van der Waals surface area contributed by atoms with E-state index >= 15 is 0 Å². The summed E-state index contributed by atoms with van der Waals surface area (Å²) in [4.78, 5) is 32.3. The van der Waals surface area contributed by atoms with Crippen molar-refractivity contribution in [2.45, 2.75) is 52.4 Å². The summed E-state index contributed by atoms with van der Waals surface area (Å²) in [5.74, 6) is 3.84. The van der Waals surface area contributed by atoms with Crippen molar-refractivity contribution in [3.05, 3.63) is 130 Å². The molecule has 2 aromatic heterocycles. The van der Waals surface area contributed by atoms with Crippen LogP contribution < -0.4 is 11.0 Å². The minimum absolute atomic E-state index is 0.508. The number of fused-ring (bicyclic) bond motifs is 14. The molecule has 0 unspecified atom stereocenters. The molecule has 6 heterocycles. The van der Waals surface area contributed by atoms with Gasteiger partial charge in [0.05, 0.1) is 0 Å². The quantitative estimate of drug-likeness (QED) is 0.104. The average Bonchev–Trinajstić information content (AvgIpc) is 3.91. The summed E-state index contributed by atoms with van der Waals surface area (Å²) < 4.78 is 19.6. The first-order valence-electron chi connectivity index (χ1n) is 18.7. The first kappa shape index (κ1) is 32.6. The van der Waals surface area contributed by atoms with Crippen LogP contribution in [0.1, 0.15) is 74.6 Å². The van der Waals surface area contributed by atoms with Crippen molar-refractivity contribution in [2.75, 3.05) is 13.2 Å². The molecule has 0 spiro atoms. The maximum atomic E-state index is 7.56. The number of hydrogen-bond donors (Lipinski definition) is 0. The second-order valence-electron chi connectivity index (χ2n) is 13.8. The molecule has 0 radical (unpaired) electrons. The van der Waals surface area contributed by atoms with Crippen molar-refractivity contribution in [1.82, 2.24) is 5.58 Å². The molecule has 0 N–H and O–H groups in total. The van der Waals surface area contributed by atoms with Gasteiger partial charge in [-0.05, 0) is 0 Å². The van der Waals surface area contributed by atoms with Crippen molar-refractivity contribution in [2.24, 2.45) is 30.0 Å². The summed E-state index contributed by atoms with van der Waals surface area (Å²) in [7, 11) is 0. The first-order valence-corrected chi connectivity index (χ1v) is 23.6. The second kappa shape index (κ2) is 13.1. The van der Waals surface area contributed by atoms with Gasteiger partial charge in [-0.1, -0.05) is 0 Å². The molecule has 4 aliphatic heterocycles. The molecule has 262 valence electrons. The monoisotopic (exact) mass is 806 g/mol. The zero-order valence-electron chi connectivity index (χ0n) is 29.8.